The molecular formula is C12H24N2O2. The van der Waals surface area contributed by atoms with Crippen molar-refractivity contribution in [3.05, 3.63) is 0 Å². The third-order valence-corrected chi connectivity index (χ3v) is 3.91. The van der Waals surface area contributed by atoms with Crippen LogP contribution in [0.15, 0.2) is 0 Å². The zero-order valence-corrected chi connectivity index (χ0v) is 10.2. The van der Waals surface area contributed by atoms with Crippen molar-refractivity contribution in [3.63, 3.8) is 0 Å². The summed E-state index contributed by atoms with van der Waals surface area (Å²) in [6.07, 6.45) is 4.96. The molecule has 1 aliphatic carbocycles. The summed E-state index contributed by atoms with van der Waals surface area (Å²) in [7, 11) is 2.13. The van der Waals surface area contributed by atoms with Crippen molar-refractivity contribution >= 4 is 0 Å². The van der Waals surface area contributed by atoms with Gasteiger partial charge in [0.25, 0.3) is 0 Å². The third kappa shape index (κ3) is 2.94. The predicted molar refractivity (Wildman–Crippen MR) is 63.5 cm³/mol. The second kappa shape index (κ2) is 5.45. The van der Waals surface area contributed by atoms with Crippen LogP contribution in [0, 0.1) is 0 Å². The number of hydrogen-bond acceptors (Lipinski definition) is 4. The monoisotopic (exact) mass is 228 g/mol. The molecule has 1 unspecified atom stereocenters. The van der Waals surface area contributed by atoms with Crippen LogP contribution in [0.25, 0.3) is 0 Å². The summed E-state index contributed by atoms with van der Waals surface area (Å²) >= 11 is 0. The lowest BCUT2D eigenvalue weighted by atomic mass is 9.98. The summed E-state index contributed by atoms with van der Waals surface area (Å²) in [5.74, 6) is 0. The van der Waals surface area contributed by atoms with Crippen LogP contribution in [0.1, 0.15) is 25.7 Å². The van der Waals surface area contributed by atoms with E-state index in [1.165, 1.54) is 12.8 Å². The molecule has 0 aromatic rings. The molecule has 2 aliphatic rings. The summed E-state index contributed by atoms with van der Waals surface area (Å²) in [5.41, 5.74) is -0.0145. The van der Waals surface area contributed by atoms with E-state index in [0.717, 1.165) is 39.1 Å². The molecule has 1 saturated carbocycles. The normalized spacial score (nSPS) is 30.8. The van der Waals surface area contributed by atoms with E-state index in [2.05, 4.69) is 17.3 Å². The van der Waals surface area contributed by atoms with Crippen molar-refractivity contribution in [1.29, 1.82) is 0 Å². The van der Waals surface area contributed by atoms with Crippen molar-refractivity contribution in [1.82, 2.24) is 10.2 Å². The van der Waals surface area contributed by atoms with Crippen LogP contribution >= 0.6 is 0 Å². The molecule has 16 heavy (non-hydrogen) atoms. The van der Waals surface area contributed by atoms with Gasteiger partial charge in [-0.25, -0.2) is 0 Å². The first kappa shape index (κ1) is 12.3. The number of ether oxygens (including phenoxy) is 1. The van der Waals surface area contributed by atoms with E-state index in [-0.39, 0.29) is 18.2 Å². The maximum Gasteiger partial charge on any atom is 0.0826 e. The van der Waals surface area contributed by atoms with E-state index in [1.807, 2.05) is 0 Å². The first-order chi connectivity index (χ1) is 7.74. The number of aliphatic hydroxyl groups is 1. The molecule has 0 spiro atoms. The fourth-order valence-electron chi connectivity index (χ4n) is 2.76. The SMILES string of the molecule is CN1CCOC(CNC2(CO)CCCC2)C1. The van der Waals surface area contributed by atoms with Crippen molar-refractivity contribution in [2.24, 2.45) is 0 Å². The van der Waals surface area contributed by atoms with Crippen molar-refractivity contribution in [2.45, 2.75) is 37.3 Å². The lowest BCUT2D eigenvalue weighted by Gasteiger charge is -2.34. The smallest absolute Gasteiger partial charge is 0.0826 e. The third-order valence-electron chi connectivity index (χ3n) is 3.91. The van der Waals surface area contributed by atoms with Gasteiger partial charge in [0, 0.05) is 25.2 Å². The Bertz CT molecular complexity index is 217. The maximum atomic E-state index is 9.48. The maximum absolute atomic E-state index is 9.48. The van der Waals surface area contributed by atoms with Crippen LogP contribution in [0.3, 0.4) is 0 Å². The quantitative estimate of drug-likeness (QED) is 0.722. The molecule has 2 fully saturated rings. The highest BCUT2D eigenvalue weighted by Crippen LogP contribution is 2.29. The van der Waals surface area contributed by atoms with E-state index in [4.69, 9.17) is 4.74 Å². The Hall–Kier alpha value is -0.160. The topological polar surface area (TPSA) is 44.7 Å². The van der Waals surface area contributed by atoms with Gasteiger partial charge in [0.1, 0.15) is 0 Å². The Morgan fingerprint density at radius 2 is 2.19 bits per heavy atom. The van der Waals surface area contributed by atoms with Gasteiger partial charge in [-0.15, -0.1) is 0 Å². The van der Waals surface area contributed by atoms with E-state index >= 15 is 0 Å². The van der Waals surface area contributed by atoms with E-state index in [9.17, 15) is 5.11 Å². The first-order valence-corrected chi connectivity index (χ1v) is 6.40. The number of aliphatic hydroxyl groups excluding tert-OH is 1. The van der Waals surface area contributed by atoms with Crippen molar-refractivity contribution in [2.75, 3.05) is 39.9 Å². The van der Waals surface area contributed by atoms with E-state index in [1.54, 1.807) is 0 Å². The molecule has 0 radical (unpaired) electrons. The molecule has 0 bridgehead atoms. The lowest BCUT2D eigenvalue weighted by molar-refractivity contribution is -0.0234. The zero-order valence-electron chi connectivity index (χ0n) is 10.2. The minimum absolute atomic E-state index is 0.0145. The van der Waals surface area contributed by atoms with Crippen LogP contribution in [0.2, 0.25) is 0 Å². The van der Waals surface area contributed by atoms with Crippen LogP contribution < -0.4 is 5.32 Å². The number of nitrogens with zero attached hydrogens (tertiary/aromatic N) is 1. The Morgan fingerprint density at radius 1 is 1.44 bits per heavy atom. The molecule has 1 atom stereocenters. The minimum Gasteiger partial charge on any atom is -0.394 e. The molecule has 0 aromatic heterocycles. The zero-order chi connectivity index (χ0) is 11.4. The average molecular weight is 228 g/mol. The van der Waals surface area contributed by atoms with Crippen molar-refractivity contribution in [3.8, 4) is 0 Å². The lowest BCUT2D eigenvalue weighted by Crippen LogP contribution is -2.52. The fraction of sp³-hybridized carbons (Fsp3) is 1.00. The van der Waals surface area contributed by atoms with Gasteiger partial charge < -0.3 is 20.1 Å². The number of nitrogens with one attached hydrogen (secondary N) is 1. The summed E-state index contributed by atoms with van der Waals surface area (Å²) in [5, 5.41) is 13.0. The summed E-state index contributed by atoms with van der Waals surface area (Å²) in [6.45, 7) is 3.98. The molecular weight excluding hydrogens is 204 g/mol. The van der Waals surface area contributed by atoms with Gasteiger partial charge in [-0.05, 0) is 19.9 Å². The van der Waals surface area contributed by atoms with Gasteiger partial charge in [-0.3, -0.25) is 0 Å². The Kier molecular flexibility index (Phi) is 4.19. The van der Waals surface area contributed by atoms with Gasteiger partial charge in [0.2, 0.25) is 0 Å². The minimum atomic E-state index is -0.0145. The number of rotatable bonds is 4. The second-order valence-electron chi connectivity index (χ2n) is 5.28. The fourth-order valence-corrected chi connectivity index (χ4v) is 2.76. The Labute approximate surface area is 98.0 Å². The number of likely N-dealkylation sites (N-methyl/N-ethyl adjacent to an activating group) is 1. The standard InChI is InChI=1S/C12H24N2O2/c1-14-6-7-16-11(9-14)8-13-12(10-15)4-2-3-5-12/h11,13,15H,2-10H2,1H3. The average Bonchev–Trinajstić information content (AvgIpc) is 2.76. The van der Waals surface area contributed by atoms with E-state index < -0.39 is 0 Å². The summed E-state index contributed by atoms with van der Waals surface area (Å²) in [6, 6.07) is 0. The van der Waals surface area contributed by atoms with Gasteiger partial charge >= 0.3 is 0 Å². The molecule has 0 amide bonds. The van der Waals surface area contributed by atoms with Gasteiger partial charge in [-0.1, -0.05) is 12.8 Å². The molecule has 2 rings (SSSR count). The largest absolute Gasteiger partial charge is 0.394 e. The second-order valence-corrected chi connectivity index (χ2v) is 5.28. The summed E-state index contributed by atoms with van der Waals surface area (Å²) < 4.78 is 5.71. The molecule has 1 saturated heterocycles. The van der Waals surface area contributed by atoms with Crippen LogP contribution in [-0.4, -0.2) is 61.5 Å². The van der Waals surface area contributed by atoms with Gasteiger partial charge in [0.05, 0.1) is 19.3 Å². The highest BCUT2D eigenvalue weighted by Gasteiger charge is 2.33. The molecule has 0 aromatic carbocycles. The molecule has 4 nitrogen and oxygen atoms in total. The number of morpholine rings is 1. The molecule has 2 N–H and O–H groups in total. The first-order valence-electron chi connectivity index (χ1n) is 6.40. The van der Waals surface area contributed by atoms with Crippen LogP contribution in [0.5, 0.6) is 0 Å². The molecule has 94 valence electrons. The predicted octanol–water partition coefficient (Wildman–Crippen LogP) is 0.212. The van der Waals surface area contributed by atoms with Crippen LogP contribution in [-0.2, 0) is 4.74 Å². The molecule has 1 heterocycles. The number of hydrogen-bond donors (Lipinski definition) is 2. The Balaban J connectivity index is 1.77. The van der Waals surface area contributed by atoms with Crippen molar-refractivity contribution < 1.29 is 9.84 Å². The highest BCUT2D eigenvalue weighted by atomic mass is 16.5. The van der Waals surface area contributed by atoms with E-state index in [0.29, 0.717) is 0 Å². The molecule has 4 heteroatoms. The summed E-state index contributed by atoms with van der Waals surface area (Å²) in [4.78, 5) is 2.30. The Morgan fingerprint density at radius 3 is 2.81 bits per heavy atom. The highest BCUT2D eigenvalue weighted by molar-refractivity contribution is 4.93. The van der Waals surface area contributed by atoms with Gasteiger partial charge in [-0.2, -0.15) is 0 Å². The van der Waals surface area contributed by atoms with Gasteiger partial charge in [0.15, 0.2) is 0 Å². The van der Waals surface area contributed by atoms with Crippen LogP contribution in [0.4, 0.5) is 0 Å². The molecule has 1 aliphatic heterocycles.